The number of nitrogens with zero attached hydrogens (tertiary/aromatic N) is 2. The van der Waals surface area contributed by atoms with Gasteiger partial charge in [0.1, 0.15) is 5.60 Å². The summed E-state index contributed by atoms with van der Waals surface area (Å²) in [6, 6.07) is 30.3. The summed E-state index contributed by atoms with van der Waals surface area (Å²) in [7, 11) is 0. The first kappa shape index (κ1) is 23.2. The molecule has 0 aliphatic carbocycles. The van der Waals surface area contributed by atoms with Crippen molar-refractivity contribution < 1.29 is 9.53 Å². The zero-order valence-corrected chi connectivity index (χ0v) is 19.9. The zero-order valence-electron chi connectivity index (χ0n) is 19.9. The molecule has 0 N–H and O–H groups in total. The minimum atomic E-state index is -0.443. The quantitative estimate of drug-likeness (QED) is 0.479. The first-order valence-electron chi connectivity index (χ1n) is 11.8. The molecular weight excluding hydrogens is 408 g/mol. The summed E-state index contributed by atoms with van der Waals surface area (Å²) in [6.07, 6.45) is 0. The Morgan fingerprint density at radius 3 is 2.00 bits per heavy atom. The Bertz CT molecular complexity index is 1040. The van der Waals surface area contributed by atoms with Crippen molar-refractivity contribution in [1.29, 1.82) is 0 Å². The number of hydrogen-bond donors (Lipinski definition) is 0. The molecule has 1 fully saturated rings. The molecule has 3 aromatic carbocycles. The van der Waals surface area contributed by atoms with Crippen molar-refractivity contribution in [2.75, 3.05) is 32.7 Å². The smallest absolute Gasteiger partial charge is 0.320 e. The number of ether oxygens (including phenoxy) is 1. The highest BCUT2D eigenvalue weighted by molar-refractivity contribution is 5.72. The van der Waals surface area contributed by atoms with E-state index in [1.165, 1.54) is 22.3 Å². The molecular formula is C29H34N2O2. The molecule has 1 saturated heterocycles. The van der Waals surface area contributed by atoms with Crippen LogP contribution in [0, 0.1) is 0 Å². The lowest BCUT2D eigenvalue weighted by Crippen LogP contribution is -2.49. The maximum absolute atomic E-state index is 12.3. The molecule has 1 unspecified atom stereocenters. The van der Waals surface area contributed by atoms with Gasteiger partial charge in [-0.15, -0.1) is 0 Å². The van der Waals surface area contributed by atoms with Crippen LogP contribution in [0.1, 0.15) is 37.9 Å². The van der Waals surface area contributed by atoms with Gasteiger partial charge in [-0.1, -0.05) is 78.9 Å². The molecule has 0 aromatic heterocycles. The van der Waals surface area contributed by atoms with Crippen LogP contribution >= 0.6 is 0 Å². The van der Waals surface area contributed by atoms with Gasteiger partial charge in [-0.05, 0) is 49.1 Å². The van der Waals surface area contributed by atoms with Crippen molar-refractivity contribution in [1.82, 2.24) is 9.80 Å². The Morgan fingerprint density at radius 2 is 1.36 bits per heavy atom. The monoisotopic (exact) mass is 442 g/mol. The van der Waals surface area contributed by atoms with Crippen molar-refractivity contribution in [2.24, 2.45) is 0 Å². The standard InChI is InChI=1S/C29H34N2O2/c1-29(2,3)33-27(32)22-30-17-19-31(20-18-30)28(24-13-8-5-9-14-24)26-16-10-15-25(21-26)23-11-6-4-7-12-23/h4-16,21,28H,17-20,22H2,1-3H3. The normalized spacial score (nSPS) is 16.3. The van der Waals surface area contributed by atoms with Crippen LogP contribution in [0.25, 0.3) is 11.1 Å². The highest BCUT2D eigenvalue weighted by Gasteiger charge is 2.28. The third-order valence-corrected chi connectivity index (χ3v) is 5.97. The van der Waals surface area contributed by atoms with Crippen LogP contribution in [0.5, 0.6) is 0 Å². The molecule has 0 bridgehead atoms. The number of carbonyl (C=O) groups excluding carboxylic acids is 1. The van der Waals surface area contributed by atoms with Crippen molar-refractivity contribution in [2.45, 2.75) is 32.4 Å². The van der Waals surface area contributed by atoms with E-state index >= 15 is 0 Å². The van der Waals surface area contributed by atoms with Crippen molar-refractivity contribution >= 4 is 5.97 Å². The van der Waals surface area contributed by atoms with E-state index in [1.807, 2.05) is 20.8 Å². The SMILES string of the molecule is CC(C)(C)OC(=O)CN1CCN(C(c2ccccc2)c2cccc(-c3ccccc3)c2)CC1. The van der Waals surface area contributed by atoms with E-state index in [2.05, 4.69) is 94.7 Å². The molecule has 0 spiro atoms. The average molecular weight is 443 g/mol. The number of piperazine rings is 1. The first-order chi connectivity index (χ1) is 15.9. The Morgan fingerprint density at radius 1 is 0.788 bits per heavy atom. The minimum Gasteiger partial charge on any atom is -0.459 e. The van der Waals surface area contributed by atoms with Gasteiger partial charge in [0.15, 0.2) is 0 Å². The van der Waals surface area contributed by atoms with Crippen molar-refractivity contribution in [3.8, 4) is 11.1 Å². The fourth-order valence-electron chi connectivity index (χ4n) is 4.50. The van der Waals surface area contributed by atoms with Gasteiger partial charge >= 0.3 is 5.97 Å². The number of carbonyl (C=O) groups is 1. The number of rotatable bonds is 6. The summed E-state index contributed by atoms with van der Waals surface area (Å²) in [5, 5.41) is 0. The Labute approximate surface area is 197 Å². The number of benzene rings is 3. The van der Waals surface area contributed by atoms with Gasteiger partial charge < -0.3 is 4.74 Å². The van der Waals surface area contributed by atoms with E-state index in [-0.39, 0.29) is 12.0 Å². The lowest BCUT2D eigenvalue weighted by atomic mass is 9.93. The molecule has 3 aromatic rings. The van der Waals surface area contributed by atoms with E-state index in [9.17, 15) is 4.79 Å². The molecule has 4 heteroatoms. The van der Waals surface area contributed by atoms with Crippen LogP contribution in [0.2, 0.25) is 0 Å². The fourth-order valence-corrected chi connectivity index (χ4v) is 4.50. The van der Waals surface area contributed by atoms with Gasteiger partial charge in [0.2, 0.25) is 0 Å². The van der Waals surface area contributed by atoms with Crippen molar-refractivity contribution in [3.05, 3.63) is 96.1 Å². The van der Waals surface area contributed by atoms with Crippen LogP contribution in [0.15, 0.2) is 84.9 Å². The molecule has 1 aliphatic rings. The lowest BCUT2D eigenvalue weighted by molar-refractivity contribution is -0.156. The molecule has 172 valence electrons. The second-order valence-corrected chi connectivity index (χ2v) is 9.70. The Hall–Kier alpha value is -2.95. The first-order valence-corrected chi connectivity index (χ1v) is 11.8. The second-order valence-electron chi connectivity index (χ2n) is 9.70. The van der Waals surface area contributed by atoms with E-state index in [0.717, 1.165) is 26.2 Å². The molecule has 0 radical (unpaired) electrons. The van der Waals surface area contributed by atoms with Crippen LogP contribution in [0.4, 0.5) is 0 Å². The van der Waals surface area contributed by atoms with Crippen LogP contribution in [-0.2, 0) is 9.53 Å². The third-order valence-electron chi connectivity index (χ3n) is 5.97. The minimum absolute atomic E-state index is 0.147. The lowest BCUT2D eigenvalue weighted by Gasteiger charge is -2.39. The highest BCUT2D eigenvalue weighted by atomic mass is 16.6. The molecule has 1 aliphatic heterocycles. The second kappa shape index (κ2) is 10.3. The summed E-state index contributed by atoms with van der Waals surface area (Å²) < 4.78 is 5.51. The highest BCUT2D eigenvalue weighted by Crippen LogP contribution is 2.32. The van der Waals surface area contributed by atoms with Gasteiger partial charge in [-0.3, -0.25) is 14.6 Å². The molecule has 4 nitrogen and oxygen atoms in total. The third kappa shape index (κ3) is 6.31. The predicted octanol–water partition coefficient (Wildman–Crippen LogP) is 5.40. The molecule has 4 rings (SSSR count). The predicted molar refractivity (Wildman–Crippen MR) is 134 cm³/mol. The molecule has 33 heavy (non-hydrogen) atoms. The topological polar surface area (TPSA) is 32.8 Å². The molecule has 0 saturated carbocycles. The van der Waals surface area contributed by atoms with Crippen molar-refractivity contribution in [3.63, 3.8) is 0 Å². The van der Waals surface area contributed by atoms with Crippen LogP contribution in [0.3, 0.4) is 0 Å². The summed E-state index contributed by atoms with van der Waals surface area (Å²) in [5.41, 5.74) is 4.61. The summed E-state index contributed by atoms with van der Waals surface area (Å²) in [4.78, 5) is 17.0. The zero-order chi connectivity index (χ0) is 23.3. The number of esters is 1. The largest absolute Gasteiger partial charge is 0.459 e. The molecule has 1 heterocycles. The van der Waals surface area contributed by atoms with E-state index in [0.29, 0.717) is 6.54 Å². The van der Waals surface area contributed by atoms with Gasteiger partial charge in [-0.25, -0.2) is 0 Å². The Kier molecular flexibility index (Phi) is 7.26. The average Bonchev–Trinajstić information content (AvgIpc) is 2.81. The van der Waals surface area contributed by atoms with E-state index < -0.39 is 5.60 Å². The Balaban J connectivity index is 1.52. The van der Waals surface area contributed by atoms with E-state index in [1.54, 1.807) is 0 Å². The maximum Gasteiger partial charge on any atom is 0.320 e. The van der Waals surface area contributed by atoms with Gasteiger partial charge in [0.05, 0.1) is 12.6 Å². The van der Waals surface area contributed by atoms with Gasteiger partial charge in [0, 0.05) is 26.2 Å². The molecule has 1 atom stereocenters. The van der Waals surface area contributed by atoms with Crippen LogP contribution in [-0.4, -0.2) is 54.1 Å². The summed E-state index contributed by atoms with van der Waals surface area (Å²) in [6.45, 7) is 9.59. The summed E-state index contributed by atoms with van der Waals surface area (Å²) >= 11 is 0. The van der Waals surface area contributed by atoms with Gasteiger partial charge in [-0.2, -0.15) is 0 Å². The maximum atomic E-state index is 12.3. The van der Waals surface area contributed by atoms with Crippen LogP contribution < -0.4 is 0 Å². The van der Waals surface area contributed by atoms with Gasteiger partial charge in [0.25, 0.3) is 0 Å². The number of hydrogen-bond acceptors (Lipinski definition) is 4. The fraction of sp³-hybridized carbons (Fsp3) is 0.345. The van der Waals surface area contributed by atoms with E-state index in [4.69, 9.17) is 4.74 Å². The molecule has 0 amide bonds. The summed E-state index contributed by atoms with van der Waals surface area (Å²) in [5.74, 6) is -0.147.